The summed E-state index contributed by atoms with van der Waals surface area (Å²) < 4.78 is 42.7. The fraction of sp³-hybridized carbons (Fsp3) is 0.500. The van der Waals surface area contributed by atoms with Gasteiger partial charge >= 0.3 is 0 Å². The topological polar surface area (TPSA) is 73.3 Å². The van der Waals surface area contributed by atoms with Crippen LogP contribution in [0, 0.1) is 0 Å². The van der Waals surface area contributed by atoms with Crippen molar-refractivity contribution in [1.82, 2.24) is 9.80 Å². The molecule has 3 atom stereocenters. The fourth-order valence-electron chi connectivity index (χ4n) is 5.53. The van der Waals surface area contributed by atoms with E-state index in [0.717, 1.165) is 61.6 Å². The molecule has 0 aliphatic carbocycles. The molecule has 0 radical (unpaired) electrons. The van der Waals surface area contributed by atoms with Gasteiger partial charge in [-0.15, -0.1) is 0 Å². The van der Waals surface area contributed by atoms with E-state index in [1.165, 1.54) is 0 Å². The summed E-state index contributed by atoms with van der Waals surface area (Å²) in [6, 6.07) is 15.7. The first-order valence-electron chi connectivity index (χ1n) is 13.2. The van der Waals surface area contributed by atoms with Crippen LogP contribution in [0.15, 0.2) is 60.8 Å². The van der Waals surface area contributed by atoms with Gasteiger partial charge < -0.3 is 14.5 Å². The van der Waals surface area contributed by atoms with E-state index in [9.17, 15) is 13.0 Å². The molecular formula is C28H39N3O4S. The molecule has 2 aliphatic rings. The van der Waals surface area contributed by atoms with Crippen LogP contribution in [-0.4, -0.2) is 59.9 Å². The highest BCUT2D eigenvalue weighted by atomic mass is 32.2. The molecule has 0 saturated heterocycles. The summed E-state index contributed by atoms with van der Waals surface area (Å²) in [5.74, 6) is 1.48. The number of nitrogens with zero attached hydrogens (tertiary/aromatic N) is 3. The number of ether oxygens (including phenoxy) is 1. The smallest absolute Gasteiger partial charge is 0.271 e. The minimum Gasteiger partial charge on any atom is -0.453 e. The SMILES string of the molecule is CCCC1C=CN(CCC)C(C(CCN2c3ccccc3Oc3ccccc32)S(=O)(=O)O)N1CCC. The van der Waals surface area contributed by atoms with E-state index in [1.807, 2.05) is 48.5 Å². The zero-order chi connectivity index (χ0) is 25.7. The Hall–Kier alpha value is -2.55. The number of anilines is 2. The standard InChI is InChI=1S/C28H39N3O4S/c1-4-11-22-16-20-29(18-5-2)28(30(22)19-6-3)27(36(32,33)34)17-21-31-23-12-7-9-14-25(23)35-26-15-10-8-13-24(26)31/h7-10,12-16,20,22,27-28H,4-6,11,17-19,21H2,1-3H3,(H,32,33,34). The molecule has 196 valence electrons. The summed E-state index contributed by atoms with van der Waals surface area (Å²) in [5, 5.41) is -0.956. The second kappa shape index (κ2) is 11.7. The highest BCUT2D eigenvalue weighted by molar-refractivity contribution is 7.86. The van der Waals surface area contributed by atoms with Crippen LogP contribution >= 0.6 is 0 Å². The van der Waals surface area contributed by atoms with Crippen molar-refractivity contribution in [1.29, 1.82) is 0 Å². The monoisotopic (exact) mass is 513 g/mol. The van der Waals surface area contributed by atoms with Gasteiger partial charge in [0, 0.05) is 25.7 Å². The van der Waals surface area contributed by atoms with Gasteiger partial charge in [-0.1, -0.05) is 57.5 Å². The van der Waals surface area contributed by atoms with Gasteiger partial charge in [0.15, 0.2) is 11.5 Å². The fourth-order valence-corrected chi connectivity index (χ4v) is 6.56. The number of fused-ring (bicyclic) bond motifs is 2. The van der Waals surface area contributed by atoms with Crippen molar-refractivity contribution >= 4 is 21.5 Å². The predicted molar refractivity (Wildman–Crippen MR) is 146 cm³/mol. The molecule has 0 amide bonds. The summed E-state index contributed by atoms with van der Waals surface area (Å²) in [6.45, 7) is 8.30. The van der Waals surface area contributed by atoms with Crippen LogP contribution in [0.5, 0.6) is 11.5 Å². The highest BCUT2D eigenvalue weighted by Crippen LogP contribution is 2.46. The van der Waals surface area contributed by atoms with Crippen LogP contribution in [0.1, 0.15) is 52.9 Å². The van der Waals surface area contributed by atoms with Crippen molar-refractivity contribution in [3.05, 3.63) is 60.8 Å². The summed E-state index contributed by atoms with van der Waals surface area (Å²) >= 11 is 0. The van der Waals surface area contributed by atoms with E-state index < -0.39 is 21.5 Å². The second-order valence-corrected chi connectivity index (χ2v) is 11.3. The Morgan fingerprint density at radius 2 is 1.50 bits per heavy atom. The van der Waals surface area contributed by atoms with Gasteiger partial charge in [0.1, 0.15) is 11.4 Å². The minimum absolute atomic E-state index is 0.155. The van der Waals surface area contributed by atoms with Crippen molar-refractivity contribution in [2.45, 2.75) is 70.3 Å². The Labute approximate surface area is 216 Å². The summed E-state index contributed by atoms with van der Waals surface area (Å²) in [6.07, 6.45) is 7.86. The summed E-state index contributed by atoms with van der Waals surface area (Å²) in [5.41, 5.74) is 1.79. The number of hydrogen-bond donors (Lipinski definition) is 1. The molecule has 0 spiro atoms. The third-order valence-corrected chi connectivity index (χ3v) is 8.28. The van der Waals surface area contributed by atoms with Crippen LogP contribution in [0.4, 0.5) is 11.4 Å². The zero-order valence-corrected chi connectivity index (χ0v) is 22.4. The quantitative estimate of drug-likeness (QED) is 0.368. The molecule has 2 aliphatic heterocycles. The zero-order valence-electron chi connectivity index (χ0n) is 21.6. The van der Waals surface area contributed by atoms with E-state index in [2.05, 4.69) is 47.7 Å². The van der Waals surface area contributed by atoms with Crippen LogP contribution in [-0.2, 0) is 10.1 Å². The first-order chi connectivity index (χ1) is 17.4. The van der Waals surface area contributed by atoms with Crippen molar-refractivity contribution in [3.63, 3.8) is 0 Å². The first kappa shape index (κ1) is 26.5. The van der Waals surface area contributed by atoms with Crippen molar-refractivity contribution in [2.24, 2.45) is 0 Å². The predicted octanol–water partition coefficient (Wildman–Crippen LogP) is 6.02. The van der Waals surface area contributed by atoms with Gasteiger partial charge in [-0.2, -0.15) is 8.42 Å². The second-order valence-electron chi connectivity index (χ2n) is 9.62. The average molecular weight is 514 g/mol. The molecule has 0 aromatic heterocycles. The molecule has 36 heavy (non-hydrogen) atoms. The lowest BCUT2D eigenvalue weighted by molar-refractivity contribution is 0.0289. The van der Waals surface area contributed by atoms with E-state index in [1.54, 1.807) is 0 Å². The Kier molecular flexibility index (Phi) is 8.59. The molecule has 0 fully saturated rings. The maximum Gasteiger partial charge on any atom is 0.271 e. The molecule has 3 unspecified atom stereocenters. The number of hydrogen-bond acceptors (Lipinski definition) is 6. The highest BCUT2D eigenvalue weighted by Gasteiger charge is 2.42. The summed E-state index contributed by atoms with van der Waals surface area (Å²) in [7, 11) is -4.34. The molecule has 0 bridgehead atoms. The van der Waals surface area contributed by atoms with Gasteiger partial charge in [0.05, 0.1) is 11.4 Å². The largest absolute Gasteiger partial charge is 0.453 e. The molecule has 0 saturated carbocycles. The third kappa shape index (κ3) is 5.56. The summed E-state index contributed by atoms with van der Waals surface area (Å²) in [4.78, 5) is 6.52. The van der Waals surface area contributed by atoms with Crippen molar-refractivity contribution in [2.75, 3.05) is 24.5 Å². The molecule has 1 N–H and O–H groups in total. The van der Waals surface area contributed by atoms with Crippen molar-refractivity contribution in [3.8, 4) is 11.5 Å². The molecule has 2 aromatic rings. The van der Waals surface area contributed by atoms with Crippen LogP contribution in [0.25, 0.3) is 0 Å². The Morgan fingerprint density at radius 1 is 0.889 bits per heavy atom. The lowest BCUT2D eigenvalue weighted by Gasteiger charge is -2.48. The third-order valence-electron chi connectivity index (χ3n) is 7.04. The molecule has 4 rings (SSSR count). The number of rotatable bonds is 11. The Bertz CT molecular complexity index is 1110. The van der Waals surface area contributed by atoms with Gasteiger partial charge in [-0.25, -0.2) is 0 Å². The van der Waals surface area contributed by atoms with E-state index in [-0.39, 0.29) is 12.5 Å². The maximum atomic E-state index is 13.0. The van der Waals surface area contributed by atoms with E-state index in [4.69, 9.17) is 4.74 Å². The lowest BCUT2D eigenvalue weighted by atomic mass is 10.0. The van der Waals surface area contributed by atoms with Crippen LogP contribution < -0.4 is 9.64 Å². The molecule has 7 nitrogen and oxygen atoms in total. The molecule has 8 heteroatoms. The number of benzene rings is 2. The van der Waals surface area contributed by atoms with Crippen LogP contribution in [0.2, 0.25) is 0 Å². The molecule has 2 aromatic carbocycles. The average Bonchev–Trinajstić information content (AvgIpc) is 2.85. The number of para-hydroxylation sites is 4. The normalized spacial score (nSPS) is 20.6. The van der Waals surface area contributed by atoms with Gasteiger partial charge in [0.2, 0.25) is 0 Å². The molecular weight excluding hydrogens is 474 g/mol. The maximum absolute atomic E-state index is 13.0. The lowest BCUT2D eigenvalue weighted by Crippen LogP contribution is -2.61. The van der Waals surface area contributed by atoms with Gasteiger partial charge in [0.25, 0.3) is 10.1 Å². The van der Waals surface area contributed by atoms with Gasteiger partial charge in [-0.05, 0) is 56.1 Å². The van der Waals surface area contributed by atoms with E-state index in [0.29, 0.717) is 6.54 Å². The minimum atomic E-state index is -4.34. The van der Waals surface area contributed by atoms with Crippen LogP contribution in [0.3, 0.4) is 0 Å². The van der Waals surface area contributed by atoms with Crippen molar-refractivity contribution < 1.29 is 17.7 Å². The van der Waals surface area contributed by atoms with E-state index >= 15 is 0 Å². The molecule has 2 heterocycles. The Balaban J connectivity index is 1.69. The Morgan fingerprint density at radius 3 is 2.06 bits per heavy atom. The first-order valence-corrected chi connectivity index (χ1v) is 14.7. The van der Waals surface area contributed by atoms with Gasteiger partial charge in [-0.3, -0.25) is 9.45 Å².